The maximum atomic E-state index is 12.5. The van der Waals surface area contributed by atoms with Crippen LogP contribution in [-0.4, -0.2) is 48.1 Å². The van der Waals surface area contributed by atoms with Crippen LogP contribution in [0, 0.1) is 0 Å². The monoisotopic (exact) mass is 278 g/mol. The highest BCUT2D eigenvalue weighted by Gasteiger charge is 2.29. The molecule has 1 rings (SSSR count). The molecule has 0 unspecified atom stereocenters. The summed E-state index contributed by atoms with van der Waals surface area (Å²) in [4.78, 5) is 26.7. The van der Waals surface area contributed by atoms with Crippen LogP contribution < -0.4 is 4.90 Å². The Bertz CT molecular complexity index is 487. The van der Waals surface area contributed by atoms with E-state index in [1.165, 1.54) is 4.90 Å². The molecule has 1 amide bonds. The Morgan fingerprint density at radius 1 is 1.10 bits per heavy atom. The summed E-state index contributed by atoms with van der Waals surface area (Å²) in [5, 5.41) is 8.96. The van der Waals surface area contributed by atoms with Gasteiger partial charge in [0.2, 0.25) is 0 Å². The SMILES string of the molecule is CN(C)c1ccc(C(=O)N(CC(=O)O)C(C)(C)C)cc1. The number of carboxylic acid groups (broad SMARTS) is 1. The molecule has 20 heavy (non-hydrogen) atoms. The first kappa shape index (κ1) is 16.0. The number of rotatable bonds is 4. The zero-order valence-electron chi connectivity index (χ0n) is 12.7. The van der Waals surface area contributed by atoms with Crippen LogP contribution in [0.4, 0.5) is 5.69 Å². The predicted molar refractivity (Wildman–Crippen MR) is 79.2 cm³/mol. The maximum Gasteiger partial charge on any atom is 0.323 e. The number of anilines is 1. The molecule has 5 nitrogen and oxygen atoms in total. The summed E-state index contributed by atoms with van der Waals surface area (Å²) in [6.07, 6.45) is 0. The molecule has 0 heterocycles. The Kier molecular flexibility index (Phi) is 4.76. The lowest BCUT2D eigenvalue weighted by molar-refractivity contribution is -0.138. The molecule has 5 heteroatoms. The van der Waals surface area contributed by atoms with Crippen molar-refractivity contribution in [3.05, 3.63) is 29.8 Å². The lowest BCUT2D eigenvalue weighted by Gasteiger charge is -2.34. The van der Waals surface area contributed by atoms with Crippen molar-refractivity contribution in [1.82, 2.24) is 4.90 Å². The van der Waals surface area contributed by atoms with E-state index in [2.05, 4.69) is 0 Å². The second kappa shape index (κ2) is 5.94. The molecule has 0 saturated carbocycles. The highest BCUT2D eigenvalue weighted by molar-refractivity contribution is 5.96. The van der Waals surface area contributed by atoms with Gasteiger partial charge < -0.3 is 14.9 Å². The van der Waals surface area contributed by atoms with Gasteiger partial charge in [-0.25, -0.2) is 0 Å². The second-order valence-electron chi connectivity index (χ2n) is 5.90. The summed E-state index contributed by atoms with van der Waals surface area (Å²) in [7, 11) is 3.84. The molecule has 1 aromatic rings. The normalized spacial score (nSPS) is 11.1. The quantitative estimate of drug-likeness (QED) is 0.916. The van der Waals surface area contributed by atoms with Crippen molar-refractivity contribution in [2.45, 2.75) is 26.3 Å². The molecule has 0 atom stereocenters. The fraction of sp³-hybridized carbons (Fsp3) is 0.467. The number of carboxylic acids is 1. The lowest BCUT2D eigenvalue weighted by Crippen LogP contribution is -2.48. The third-order valence-corrected chi connectivity index (χ3v) is 2.98. The summed E-state index contributed by atoms with van der Waals surface area (Å²) >= 11 is 0. The largest absolute Gasteiger partial charge is 0.480 e. The number of hydrogen-bond acceptors (Lipinski definition) is 3. The Balaban J connectivity index is 3.03. The van der Waals surface area contributed by atoms with E-state index < -0.39 is 11.5 Å². The summed E-state index contributed by atoms with van der Waals surface area (Å²) < 4.78 is 0. The van der Waals surface area contributed by atoms with Crippen LogP contribution in [0.2, 0.25) is 0 Å². The van der Waals surface area contributed by atoms with E-state index in [4.69, 9.17) is 5.11 Å². The molecule has 0 aliphatic heterocycles. The molecule has 0 bridgehead atoms. The minimum Gasteiger partial charge on any atom is -0.480 e. The third-order valence-electron chi connectivity index (χ3n) is 2.98. The van der Waals surface area contributed by atoms with Gasteiger partial charge in [0, 0.05) is 30.9 Å². The van der Waals surface area contributed by atoms with E-state index in [0.29, 0.717) is 5.56 Å². The van der Waals surface area contributed by atoms with E-state index in [9.17, 15) is 9.59 Å². The van der Waals surface area contributed by atoms with Crippen molar-refractivity contribution in [1.29, 1.82) is 0 Å². The molecule has 0 radical (unpaired) electrons. The van der Waals surface area contributed by atoms with E-state index in [1.54, 1.807) is 12.1 Å². The number of aliphatic carboxylic acids is 1. The molecule has 1 aromatic carbocycles. The topological polar surface area (TPSA) is 60.9 Å². The Morgan fingerprint density at radius 3 is 1.95 bits per heavy atom. The molecule has 0 aromatic heterocycles. The van der Waals surface area contributed by atoms with Gasteiger partial charge in [0.25, 0.3) is 5.91 Å². The van der Waals surface area contributed by atoms with Gasteiger partial charge in [0.05, 0.1) is 0 Å². The van der Waals surface area contributed by atoms with Crippen LogP contribution >= 0.6 is 0 Å². The van der Waals surface area contributed by atoms with Crippen molar-refractivity contribution in [3.8, 4) is 0 Å². The zero-order valence-corrected chi connectivity index (χ0v) is 12.7. The summed E-state index contributed by atoms with van der Waals surface area (Å²) in [5.41, 5.74) is 0.934. The van der Waals surface area contributed by atoms with E-state index in [-0.39, 0.29) is 12.5 Å². The van der Waals surface area contributed by atoms with Crippen molar-refractivity contribution < 1.29 is 14.7 Å². The highest BCUT2D eigenvalue weighted by Crippen LogP contribution is 2.19. The number of benzene rings is 1. The van der Waals surface area contributed by atoms with Crippen LogP contribution in [0.15, 0.2) is 24.3 Å². The van der Waals surface area contributed by atoms with Crippen LogP contribution in [0.5, 0.6) is 0 Å². The first-order valence-corrected chi connectivity index (χ1v) is 6.44. The standard InChI is InChI=1S/C15H22N2O3/c1-15(2,3)17(10-13(18)19)14(20)11-6-8-12(9-7-11)16(4)5/h6-9H,10H2,1-5H3,(H,18,19). The van der Waals surface area contributed by atoms with Crippen LogP contribution in [0.25, 0.3) is 0 Å². The van der Waals surface area contributed by atoms with Gasteiger partial charge in [0.15, 0.2) is 0 Å². The van der Waals surface area contributed by atoms with Crippen molar-refractivity contribution in [2.24, 2.45) is 0 Å². The number of nitrogens with zero attached hydrogens (tertiary/aromatic N) is 2. The molecule has 0 aliphatic carbocycles. The Morgan fingerprint density at radius 2 is 1.60 bits per heavy atom. The third kappa shape index (κ3) is 3.98. The molecule has 1 N–H and O–H groups in total. The van der Waals surface area contributed by atoms with E-state index in [1.807, 2.05) is 51.9 Å². The second-order valence-corrected chi connectivity index (χ2v) is 5.90. The Hall–Kier alpha value is -2.04. The van der Waals surface area contributed by atoms with E-state index >= 15 is 0 Å². The van der Waals surface area contributed by atoms with E-state index in [0.717, 1.165) is 5.69 Å². The molecular weight excluding hydrogens is 256 g/mol. The first-order valence-electron chi connectivity index (χ1n) is 6.44. The average molecular weight is 278 g/mol. The lowest BCUT2D eigenvalue weighted by atomic mass is 10.0. The van der Waals surface area contributed by atoms with Gasteiger partial charge in [0.1, 0.15) is 6.54 Å². The van der Waals surface area contributed by atoms with Gasteiger partial charge in [-0.1, -0.05) is 0 Å². The highest BCUT2D eigenvalue weighted by atomic mass is 16.4. The zero-order chi connectivity index (χ0) is 15.5. The van der Waals surface area contributed by atoms with Crippen LogP contribution in [-0.2, 0) is 4.79 Å². The Labute approximate surface area is 119 Å². The fourth-order valence-corrected chi connectivity index (χ4v) is 1.81. The fourth-order valence-electron chi connectivity index (χ4n) is 1.81. The average Bonchev–Trinajstić information content (AvgIpc) is 2.33. The van der Waals surface area contributed by atoms with Gasteiger partial charge in [-0.05, 0) is 45.0 Å². The van der Waals surface area contributed by atoms with Gasteiger partial charge in [-0.15, -0.1) is 0 Å². The first-order chi connectivity index (χ1) is 9.12. The van der Waals surface area contributed by atoms with Gasteiger partial charge in [-0.3, -0.25) is 9.59 Å². The van der Waals surface area contributed by atoms with Crippen molar-refractivity contribution >= 4 is 17.6 Å². The number of carbonyl (C=O) groups excluding carboxylic acids is 1. The summed E-state index contributed by atoms with van der Waals surface area (Å²) in [6.45, 7) is 5.16. The molecule has 0 aliphatic rings. The molecular formula is C15H22N2O3. The minimum absolute atomic E-state index is 0.273. The predicted octanol–water partition coefficient (Wildman–Crippen LogP) is 2.08. The molecule has 0 fully saturated rings. The number of amides is 1. The van der Waals surface area contributed by atoms with Crippen molar-refractivity contribution in [3.63, 3.8) is 0 Å². The van der Waals surface area contributed by atoms with Crippen LogP contribution in [0.3, 0.4) is 0 Å². The number of hydrogen-bond donors (Lipinski definition) is 1. The van der Waals surface area contributed by atoms with Gasteiger partial charge in [-0.2, -0.15) is 0 Å². The van der Waals surface area contributed by atoms with Crippen LogP contribution in [0.1, 0.15) is 31.1 Å². The summed E-state index contributed by atoms with van der Waals surface area (Å²) in [6, 6.07) is 7.13. The number of carbonyl (C=O) groups is 2. The molecule has 0 saturated heterocycles. The molecule has 110 valence electrons. The molecule has 0 spiro atoms. The minimum atomic E-state index is -1.02. The summed E-state index contributed by atoms with van der Waals surface area (Å²) in [5.74, 6) is -1.29. The van der Waals surface area contributed by atoms with Gasteiger partial charge >= 0.3 is 5.97 Å². The smallest absolute Gasteiger partial charge is 0.323 e. The maximum absolute atomic E-state index is 12.5. The van der Waals surface area contributed by atoms with Crippen molar-refractivity contribution in [2.75, 3.05) is 25.5 Å².